The van der Waals surface area contributed by atoms with E-state index < -0.39 is 6.04 Å². The molecule has 10 nitrogen and oxygen atoms in total. The highest BCUT2D eigenvalue weighted by atomic mass is 35.5. The van der Waals surface area contributed by atoms with Gasteiger partial charge in [-0.3, -0.25) is 19.1 Å². The highest BCUT2D eigenvalue weighted by Crippen LogP contribution is 2.38. The van der Waals surface area contributed by atoms with Crippen LogP contribution in [0.5, 0.6) is 11.5 Å². The molecule has 1 atom stereocenters. The van der Waals surface area contributed by atoms with Gasteiger partial charge in [0.25, 0.3) is 0 Å². The first kappa shape index (κ1) is 27.2. The van der Waals surface area contributed by atoms with E-state index in [0.29, 0.717) is 41.2 Å². The van der Waals surface area contributed by atoms with E-state index in [1.807, 2.05) is 18.2 Å². The fourth-order valence-electron chi connectivity index (χ4n) is 5.14. The number of hydrogen-bond donors (Lipinski definition) is 2. The summed E-state index contributed by atoms with van der Waals surface area (Å²) in [5.41, 5.74) is 1.73. The van der Waals surface area contributed by atoms with Crippen molar-refractivity contribution in [1.29, 1.82) is 0 Å². The van der Waals surface area contributed by atoms with Crippen LogP contribution in [0.15, 0.2) is 36.4 Å². The molecule has 2 N–H and O–H groups in total. The number of methoxy groups -OCH3 is 2. The van der Waals surface area contributed by atoms with E-state index in [1.54, 1.807) is 30.9 Å². The van der Waals surface area contributed by atoms with Gasteiger partial charge in [0.05, 0.1) is 19.7 Å². The number of ether oxygens (including phenoxy) is 2. The van der Waals surface area contributed by atoms with Crippen molar-refractivity contribution in [2.75, 3.05) is 63.7 Å². The molecule has 0 aliphatic carbocycles. The van der Waals surface area contributed by atoms with E-state index in [1.165, 1.54) is 0 Å². The summed E-state index contributed by atoms with van der Waals surface area (Å²) in [5.74, 6) is 1.29. The average Bonchev–Trinajstić information content (AvgIpc) is 3.28. The van der Waals surface area contributed by atoms with E-state index in [4.69, 9.17) is 33.3 Å². The molecule has 12 heteroatoms. The second-order valence-electron chi connectivity index (χ2n) is 9.54. The van der Waals surface area contributed by atoms with Crippen molar-refractivity contribution in [2.24, 2.45) is 0 Å². The highest BCUT2D eigenvalue weighted by Gasteiger charge is 2.33. The largest absolute Gasteiger partial charge is 0.493 e. The first-order chi connectivity index (χ1) is 18.9. The lowest BCUT2D eigenvalue weighted by atomic mass is 10.1. The molecule has 2 aromatic carbocycles. The van der Waals surface area contributed by atoms with Gasteiger partial charge in [0.2, 0.25) is 16.6 Å². The number of fused-ring (bicyclic) bond motifs is 3. The van der Waals surface area contributed by atoms with Crippen molar-refractivity contribution in [2.45, 2.75) is 18.9 Å². The van der Waals surface area contributed by atoms with Gasteiger partial charge in [0.1, 0.15) is 11.9 Å². The smallest absolute Gasteiger partial charge is 0.248 e. The van der Waals surface area contributed by atoms with Crippen molar-refractivity contribution in [3.05, 3.63) is 46.2 Å². The maximum absolute atomic E-state index is 12.9. The van der Waals surface area contributed by atoms with Gasteiger partial charge >= 0.3 is 0 Å². The molecule has 1 aromatic heterocycles. The van der Waals surface area contributed by atoms with Crippen LogP contribution in [-0.4, -0.2) is 79.8 Å². The Hall–Kier alpha value is -3.41. The number of piperazine rings is 1. The summed E-state index contributed by atoms with van der Waals surface area (Å²) < 4.78 is 12.7. The van der Waals surface area contributed by atoms with Crippen LogP contribution in [0.4, 0.5) is 11.5 Å². The van der Waals surface area contributed by atoms with Gasteiger partial charge < -0.3 is 25.0 Å². The minimum Gasteiger partial charge on any atom is -0.493 e. The SMILES string of the molecule is COc1cc2nc(=S)n3c(c2cc1OC)NC(=O)C3CCC(=O)NCCN1CCN(c2cccc(Cl)c2)CC1. The summed E-state index contributed by atoms with van der Waals surface area (Å²) >= 11 is 11.6. The third-order valence-corrected chi connectivity index (χ3v) is 7.74. The average molecular weight is 571 g/mol. The van der Waals surface area contributed by atoms with Gasteiger partial charge in [-0.25, -0.2) is 4.98 Å². The minimum absolute atomic E-state index is 0.0968. The third kappa shape index (κ3) is 5.80. The first-order valence-electron chi connectivity index (χ1n) is 12.9. The van der Waals surface area contributed by atoms with Crippen molar-refractivity contribution < 1.29 is 19.1 Å². The number of rotatable bonds is 9. The normalized spacial score (nSPS) is 17.2. The second-order valence-corrected chi connectivity index (χ2v) is 10.3. The quantitative estimate of drug-likeness (QED) is 0.376. The summed E-state index contributed by atoms with van der Waals surface area (Å²) in [6, 6.07) is 10.8. The zero-order valence-electron chi connectivity index (χ0n) is 21.9. The Morgan fingerprint density at radius 3 is 2.62 bits per heavy atom. The highest BCUT2D eigenvalue weighted by molar-refractivity contribution is 7.71. The van der Waals surface area contributed by atoms with Gasteiger partial charge in [0.15, 0.2) is 11.5 Å². The maximum Gasteiger partial charge on any atom is 0.248 e. The van der Waals surface area contributed by atoms with Gasteiger partial charge in [-0.2, -0.15) is 0 Å². The molecule has 0 saturated carbocycles. The topological polar surface area (TPSA) is 101 Å². The summed E-state index contributed by atoms with van der Waals surface area (Å²) in [4.78, 5) is 34.7. The van der Waals surface area contributed by atoms with Gasteiger partial charge in [-0.1, -0.05) is 17.7 Å². The number of nitrogens with one attached hydrogen (secondary N) is 2. The van der Waals surface area contributed by atoms with Crippen molar-refractivity contribution in [3.63, 3.8) is 0 Å². The number of hydrogen-bond acceptors (Lipinski definition) is 8. The fraction of sp³-hybridized carbons (Fsp3) is 0.407. The van der Waals surface area contributed by atoms with Crippen LogP contribution < -0.4 is 25.0 Å². The molecule has 3 heterocycles. The Bertz CT molecular complexity index is 1460. The first-order valence-corrected chi connectivity index (χ1v) is 13.6. The Morgan fingerprint density at radius 1 is 1.15 bits per heavy atom. The molecule has 2 amide bonds. The predicted molar refractivity (Wildman–Crippen MR) is 154 cm³/mol. The van der Waals surface area contributed by atoms with Gasteiger partial charge in [-0.15, -0.1) is 0 Å². The Morgan fingerprint density at radius 2 is 1.90 bits per heavy atom. The standard InChI is InChI=1S/C27H31ClN6O4S/c1-37-22-15-19-20(16-23(22)38-2)30-27(39)34-21(26(36)31-25(19)34)6-7-24(35)29-8-9-32-10-12-33(13-11-32)18-5-3-4-17(28)14-18/h3-5,14-16,21H,6-13H2,1-2H3,(H,29,35)(H,31,36). The molecule has 0 spiro atoms. The van der Waals surface area contributed by atoms with Crippen molar-refractivity contribution in [1.82, 2.24) is 19.8 Å². The maximum atomic E-state index is 12.9. The van der Waals surface area contributed by atoms with Crippen LogP contribution in [0.3, 0.4) is 0 Å². The lowest BCUT2D eigenvalue weighted by Crippen LogP contribution is -2.48. The number of carbonyl (C=O) groups excluding carboxylic acids is 2. The fourth-order valence-corrected chi connectivity index (χ4v) is 5.64. The predicted octanol–water partition coefficient (Wildman–Crippen LogP) is 3.65. The molecule has 2 aliphatic rings. The lowest BCUT2D eigenvalue weighted by molar-refractivity contribution is -0.122. The van der Waals surface area contributed by atoms with Crippen LogP contribution in [0.25, 0.3) is 10.9 Å². The third-order valence-electron chi connectivity index (χ3n) is 7.22. The van der Waals surface area contributed by atoms with E-state index in [0.717, 1.165) is 43.4 Å². The molecule has 2 aliphatic heterocycles. The molecule has 0 radical (unpaired) electrons. The zero-order chi connectivity index (χ0) is 27.5. The number of carbonyl (C=O) groups is 2. The molecule has 3 aromatic rings. The van der Waals surface area contributed by atoms with Crippen molar-refractivity contribution >= 4 is 58.0 Å². The van der Waals surface area contributed by atoms with Gasteiger partial charge in [0, 0.05) is 67.9 Å². The molecule has 5 rings (SSSR count). The molecule has 1 fully saturated rings. The van der Waals surface area contributed by atoms with Crippen LogP contribution in [0.1, 0.15) is 18.9 Å². The zero-order valence-corrected chi connectivity index (χ0v) is 23.5. The molecule has 39 heavy (non-hydrogen) atoms. The summed E-state index contributed by atoms with van der Waals surface area (Å²) in [5, 5.41) is 7.34. The van der Waals surface area contributed by atoms with E-state index in [-0.39, 0.29) is 23.0 Å². The summed E-state index contributed by atoms with van der Waals surface area (Å²) in [6.45, 7) is 4.97. The van der Waals surface area contributed by atoms with Crippen LogP contribution >= 0.6 is 23.8 Å². The summed E-state index contributed by atoms with van der Waals surface area (Å²) in [7, 11) is 3.10. The summed E-state index contributed by atoms with van der Waals surface area (Å²) in [6.07, 6.45) is 0.517. The van der Waals surface area contributed by atoms with Crippen LogP contribution in [0.2, 0.25) is 5.02 Å². The number of amides is 2. The minimum atomic E-state index is -0.609. The second kappa shape index (κ2) is 11.8. The number of nitrogens with zero attached hydrogens (tertiary/aromatic N) is 4. The molecule has 206 valence electrons. The molecule has 1 unspecified atom stereocenters. The molecular formula is C27H31ClN6O4S. The van der Waals surface area contributed by atoms with E-state index >= 15 is 0 Å². The van der Waals surface area contributed by atoms with Crippen LogP contribution in [0, 0.1) is 4.77 Å². The van der Waals surface area contributed by atoms with E-state index in [9.17, 15) is 9.59 Å². The number of halogens is 1. The molecular weight excluding hydrogens is 540 g/mol. The van der Waals surface area contributed by atoms with E-state index in [2.05, 4.69) is 31.5 Å². The van der Waals surface area contributed by atoms with Gasteiger partial charge in [-0.05, 0) is 42.9 Å². The van der Waals surface area contributed by atoms with Crippen LogP contribution in [-0.2, 0) is 9.59 Å². The monoisotopic (exact) mass is 570 g/mol. The number of aromatic nitrogens is 2. The Balaban J connectivity index is 1.14. The lowest BCUT2D eigenvalue weighted by Gasteiger charge is -2.36. The Labute approximate surface area is 236 Å². The number of benzene rings is 2. The number of anilines is 2. The molecule has 0 bridgehead atoms. The Kier molecular flexibility index (Phi) is 8.20. The molecule has 1 saturated heterocycles. The van der Waals surface area contributed by atoms with Crippen molar-refractivity contribution in [3.8, 4) is 11.5 Å².